The van der Waals surface area contributed by atoms with Gasteiger partial charge in [0.1, 0.15) is 6.04 Å². The summed E-state index contributed by atoms with van der Waals surface area (Å²) >= 11 is 0. The number of rotatable bonds is 6. The van der Waals surface area contributed by atoms with Crippen LogP contribution in [0.2, 0.25) is 0 Å². The van der Waals surface area contributed by atoms with Crippen molar-refractivity contribution in [3.05, 3.63) is 36.0 Å². The molecule has 0 aliphatic carbocycles. The molecule has 2 atom stereocenters. The van der Waals surface area contributed by atoms with Gasteiger partial charge in [-0.25, -0.2) is 0 Å². The molecule has 4 nitrogen and oxygen atoms in total. The van der Waals surface area contributed by atoms with Crippen LogP contribution in [0, 0.1) is 0 Å². The molecular formula is C16H22N2O2. The van der Waals surface area contributed by atoms with Crippen molar-refractivity contribution in [3.8, 4) is 0 Å². The van der Waals surface area contributed by atoms with Crippen LogP contribution in [0.4, 0.5) is 0 Å². The molecule has 0 spiro atoms. The molecule has 1 aromatic carbocycles. The van der Waals surface area contributed by atoms with Crippen LogP contribution in [0.5, 0.6) is 0 Å². The lowest BCUT2D eigenvalue weighted by Crippen LogP contribution is -2.36. The first kappa shape index (κ1) is 14.6. The molecule has 1 heterocycles. The van der Waals surface area contributed by atoms with E-state index < -0.39 is 6.04 Å². The van der Waals surface area contributed by atoms with Crippen molar-refractivity contribution in [2.45, 2.75) is 45.3 Å². The quantitative estimate of drug-likeness (QED) is 0.796. The molecule has 4 heteroatoms. The van der Waals surface area contributed by atoms with Crippen molar-refractivity contribution in [2.75, 3.05) is 0 Å². The van der Waals surface area contributed by atoms with Gasteiger partial charge in [-0.15, -0.1) is 0 Å². The number of carbonyl (C=O) groups excluding carboxylic acids is 1. The largest absolute Gasteiger partial charge is 0.462 e. The Kier molecular flexibility index (Phi) is 4.79. The van der Waals surface area contributed by atoms with Gasteiger partial charge in [-0.1, -0.05) is 31.5 Å². The zero-order valence-corrected chi connectivity index (χ0v) is 12.1. The molecule has 0 aliphatic rings. The molecule has 2 unspecified atom stereocenters. The maximum atomic E-state index is 11.9. The van der Waals surface area contributed by atoms with E-state index in [1.165, 1.54) is 0 Å². The lowest BCUT2D eigenvalue weighted by Gasteiger charge is -2.16. The first-order valence-corrected chi connectivity index (χ1v) is 7.13. The van der Waals surface area contributed by atoms with E-state index in [1.807, 2.05) is 37.4 Å². The highest BCUT2D eigenvalue weighted by Gasteiger charge is 2.19. The molecule has 0 fully saturated rings. The van der Waals surface area contributed by atoms with Gasteiger partial charge >= 0.3 is 5.97 Å². The summed E-state index contributed by atoms with van der Waals surface area (Å²) < 4.78 is 5.34. The Balaban J connectivity index is 2.00. The molecule has 0 saturated carbocycles. The Labute approximate surface area is 119 Å². The highest BCUT2D eigenvalue weighted by molar-refractivity contribution is 5.84. The zero-order valence-electron chi connectivity index (χ0n) is 12.1. The number of aromatic amines is 1. The molecule has 0 amide bonds. The van der Waals surface area contributed by atoms with Crippen LogP contribution >= 0.6 is 0 Å². The standard InChI is InChI=1S/C16H22N2O2/c1-3-6-11(2)20-16(19)14(17)9-12-10-18-15-8-5-4-7-13(12)15/h4-5,7-8,10-11,14,18H,3,6,9,17H2,1-2H3. The monoisotopic (exact) mass is 274 g/mol. The summed E-state index contributed by atoms with van der Waals surface area (Å²) in [6, 6.07) is 7.37. The lowest BCUT2D eigenvalue weighted by atomic mass is 10.1. The number of nitrogens with one attached hydrogen (secondary N) is 1. The molecule has 0 bridgehead atoms. The molecule has 3 N–H and O–H groups in total. The normalized spacial score (nSPS) is 14.2. The third-order valence-electron chi connectivity index (χ3n) is 3.43. The third kappa shape index (κ3) is 3.39. The molecule has 2 aromatic rings. The van der Waals surface area contributed by atoms with Crippen LogP contribution in [-0.2, 0) is 16.0 Å². The summed E-state index contributed by atoms with van der Waals surface area (Å²) in [7, 11) is 0. The summed E-state index contributed by atoms with van der Waals surface area (Å²) in [4.78, 5) is 15.1. The van der Waals surface area contributed by atoms with E-state index in [2.05, 4.69) is 11.9 Å². The fourth-order valence-electron chi connectivity index (χ4n) is 2.37. The predicted molar refractivity (Wildman–Crippen MR) is 80.4 cm³/mol. The minimum absolute atomic E-state index is 0.0680. The van der Waals surface area contributed by atoms with Crippen LogP contribution in [-0.4, -0.2) is 23.1 Å². The summed E-state index contributed by atoms with van der Waals surface area (Å²) in [6.45, 7) is 3.97. The van der Waals surface area contributed by atoms with Gasteiger partial charge in [-0.2, -0.15) is 0 Å². The van der Waals surface area contributed by atoms with Gasteiger partial charge < -0.3 is 15.5 Å². The van der Waals surface area contributed by atoms with Crippen molar-refractivity contribution < 1.29 is 9.53 Å². The van der Waals surface area contributed by atoms with Crippen LogP contribution in [0.25, 0.3) is 10.9 Å². The highest BCUT2D eigenvalue weighted by atomic mass is 16.5. The van der Waals surface area contributed by atoms with Gasteiger partial charge in [0.25, 0.3) is 0 Å². The van der Waals surface area contributed by atoms with Crippen molar-refractivity contribution in [1.29, 1.82) is 0 Å². The van der Waals surface area contributed by atoms with E-state index in [0.717, 1.165) is 29.3 Å². The van der Waals surface area contributed by atoms with Crippen molar-refractivity contribution in [3.63, 3.8) is 0 Å². The van der Waals surface area contributed by atoms with E-state index >= 15 is 0 Å². The smallest absolute Gasteiger partial charge is 0.323 e. The van der Waals surface area contributed by atoms with Gasteiger partial charge in [-0.05, 0) is 25.0 Å². The first-order valence-electron chi connectivity index (χ1n) is 7.13. The number of benzene rings is 1. The van der Waals surface area contributed by atoms with E-state index in [9.17, 15) is 4.79 Å². The summed E-state index contributed by atoms with van der Waals surface area (Å²) in [6.07, 6.45) is 4.19. The molecule has 0 saturated heterocycles. The highest BCUT2D eigenvalue weighted by Crippen LogP contribution is 2.19. The number of para-hydroxylation sites is 1. The van der Waals surface area contributed by atoms with E-state index in [-0.39, 0.29) is 12.1 Å². The van der Waals surface area contributed by atoms with E-state index in [1.54, 1.807) is 0 Å². The minimum Gasteiger partial charge on any atom is -0.462 e. The zero-order chi connectivity index (χ0) is 14.5. The maximum Gasteiger partial charge on any atom is 0.323 e. The van der Waals surface area contributed by atoms with Crippen molar-refractivity contribution >= 4 is 16.9 Å². The van der Waals surface area contributed by atoms with Gasteiger partial charge in [0.2, 0.25) is 0 Å². The fraction of sp³-hybridized carbons (Fsp3) is 0.438. The number of carbonyl (C=O) groups is 1. The van der Waals surface area contributed by atoms with Crippen LogP contribution in [0.3, 0.4) is 0 Å². The number of hydrogen-bond acceptors (Lipinski definition) is 3. The Morgan fingerprint density at radius 1 is 1.40 bits per heavy atom. The Morgan fingerprint density at radius 3 is 2.90 bits per heavy atom. The fourth-order valence-corrected chi connectivity index (χ4v) is 2.37. The second-order valence-electron chi connectivity index (χ2n) is 5.21. The van der Waals surface area contributed by atoms with Crippen LogP contribution in [0.15, 0.2) is 30.5 Å². The molecule has 0 radical (unpaired) electrons. The van der Waals surface area contributed by atoms with Gasteiger partial charge in [0.05, 0.1) is 6.10 Å². The topological polar surface area (TPSA) is 68.1 Å². The SMILES string of the molecule is CCCC(C)OC(=O)C(N)Cc1c[nH]c2ccccc12. The third-order valence-corrected chi connectivity index (χ3v) is 3.43. The molecular weight excluding hydrogens is 252 g/mol. The number of fused-ring (bicyclic) bond motifs is 1. The summed E-state index contributed by atoms with van der Waals surface area (Å²) in [5.74, 6) is -0.323. The second-order valence-corrected chi connectivity index (χ2v) is 5.21. The minimum atomic E-state index is -0.617. The Morgan fingerprint density at radius 2 is 2.15 bits per heavy atom. The molecule has 2 rings (SSSR count). The Hall–Kier alpha value is -1.81. The number of H-pyrrole nitrogens is 1. The molecule has 1 aromatic heterocycles. The second kappa shape index (κ2) is 6.57. The van der Waals surface area contributed by atoms with Gasteiger partial charge in [0.15, 0.2) is 0 Å². The van der Waals surface area contributed by atoms with Gasteiger partial charge in [0, 0.05) is 23.5 Å². The van der Waals surface area contributed by atoms with Crippen molar-refractivity contribution in [2.24, 2.45) is 5.73 Å². The van der Waals surface area contributed by atoms with E-state index in [4.69, 9.17) is 10.5 Å². The number of nitrogens with two attached hydrogens (primary N) is 1. The molecule has 20 heavy (non-hydrogen) atoms. The van der Waals surface area contributed by atoms with Crippen molar-refractivity contribution in [1.82, 2.24) is 4.98 Å². The summed E-state index contributed by atoms with van der Waals surface area (Å²) in [5.41, 5.74) is 8.06. The Bertz CT molecular complexity index is 577. The number of ether oxygens (including phenoxy) is 1. The van der Waals surface area contributed by atoms with Crippen LogP contribution < -0.4 is 5.73 Å². The lowest BCUT2D eigenvalue weighted by molar-refractivity contribution is -0.150. The predicted octanol–water partition coefficient (Wildman–Crippen LogP) is 2.77. The molecule has 108 valence electrons. The summed E-state index contributed by atoms with van der Waals surface area (Å²) in [5, 5.41) is 1.11. The average molecular weight is 274 g/mol. The van der Waals surface area contributed by atoms with E-state index in [0.29, 0.717) is 6.42 Å². The number of hydrogen-bond donors (Lipinski definition) is 2. The average Bonchev–Trinajstić information content (AvgIpc) is 2.82. The first-order chi connectivity index (χ1) is 9.61. The van der Waals surface area contributed by atoms with Crippen LogP contribution in [0.1, 0.15) is 32.3 Å². The maximum absolute atomic E-state index is 11.9. The number of esters is 1. The number of aromatic nitrogens is 1. The molecule has 0 aliphatic heterocycles. The van der Waals surface area contributed by atoms with Gasteiger partial charge in [-0.3, -0.25) is 4.79 Å².